The molecule has 1 amide bonds. The average molecular weight is 401 g/mol. The normalized spacial score (nSPS) is 13.9. The fourth-order valence-corrected chi connectivity index (χ4v) is 1.77. The molecule has 0 aliphatic carbocycles. The van der Waals surface area contributed by atoms with Crippen LogP contribution in [0.15, 0.2) is 0 Å². The first-order valence-electron chi connectivity index (χ1n) is 6.58. The summed E-state index contributed by atoms with van der Waals surface area (Å²) in [6.45, 7) is 4.69. The zero-order valence-electron chi connectivity index (χ0n) is 11.6. The highest BCUT2D eigenvalue weighted by Gasteiger charge is 2.07. The van der Waals surface area contributed by atoms with Crippen LogP contribution in [-0.4, -0.2) is 41.1 Å². The quantitative estimate of drug-likeness (QED) is 0.428. The van der Waals surface area contributed by atoms with Crippen LogP contribution in [0.2, 0.25) is 0 Å². The predicted octanol–water partition coefficient (Wildman–Crippen LogP) is 2.82. The Kier molecular flexibility index (Phi) is 11.9. The molecule has 0 aliphatic heterocycles. The number of ether oxygens (including phenoxy) is 1. The molecule has 0 saturated heterocycles. The van der Waals surface area contributed by atoms with Gasteiger partial charge in [0.25, 0.3) is 0 Å². The molecule has 0 saturated carbocycles. The number of ketones is 1. The molecule has 19 heavy (non-hydrogen) atoms. The Morgan fingerprint density at radius 2 is 1.89 bits per heavy atom. The third-order valence-electron chi connectivity index (χ3n) is 2.63. The lowest BCUT2D eigenvalue weighted by molar-refractivity contribution is -0.122. The van der Waals surface area contributed by atoms with Gasteiger partial charge in [0.15, 0.2) is 5.78 Å². The van der Waals surface area contributed by atoms with Crippen molar-refractivity contribution in [3.8, 4) is 0 Å². The van der Waals surface area contributed by atoms with E-state index in [2.05, 4.69) is 37.2 Å². The lowest BCUT2D eigenvalue weighted by Crippen LogP contribution is -2.30. The van der Waals surface area contributed by atoms with Gasteiger partial charge < -0.3 is 10.1 Å². The summed E-state index contributed by atoms with van der Waals surface area (Å²) >= 11 is 6.32. The van der Waals surface area contributed by atoms with Gasteiger partial charge >= 0.3 is 0 Å². The number of nitrogens with one attached hydrogen (secondary N) is 1. The van der Waals surface area contributed by atoms with Crippen LogP contribution in [0.4, 0.5) is 0 Å². The van der Waals surface area contributed by atoms with Crippen molar-refractivity contribution in [3.63, 3.8) is 0 Å². The maximum atomic E-state index is 11.2. The van der Waals surface area contributed by atoms with Crippen molar-refractivity contribution in [2.24, 2.45) is 0 Å². The number of rotatable bonds is 11. The Morgan fingerprint density at radius 3 is 2.47 bits per heavy atom. The highest BCUT2D eigenvalue weighted by atomic mass is 79.9. The third kappa shape index (κ3) is 11.6. The Morgan fingerprint density at radius 1 is 1.21 bits per heavy atom. The average Bonchev–Trinajstić information content (AvgIpc) is 2.39. The van der Waals surface area contributed by atoms with Crippen LogP contribution in [0, 0.1) is 0 Å². The summed E-state index contributed by atoms with van der Waals surface area (Å²) in [5, 5.41) is 3.20. The first-order chi connectivity index (χ1) is 8.97. The smallest absolute Gasteiger partial charge is 0.233 e. The SMILES string of the molecule is CC(CCCCCNC(=O)C(C)Br)OCC(=O)CBr. The molecule has 1 N–H and O–H groups in total. The lowest BCUT2D eigenvalue weighted by atomic mass is 10.1. The minimum absolute atomic E-state index is 0.0324. The van der Waals surface area contributed by atoms with Crippen molar-refractivity contribution >= 4 is 43.6 Å². The summed E-state index contributed by atoms with van der Waals surface area (Å²) < 4.78 is 5.42. The summed E-state index contributed by atoms with van der Waals surface area (Å²) in [7, 11) is 0. The molecule has 0 rings (SSSR count). The van der Waals surface area contributed by atoms with Crippen molar-refractivity contribution in [2.75, 3.05) is 18.5 Å². The lowest BCUT2D eigenvalue weighted by Gasteiger charge is -2.12. The summed E-state index contributed by atoms with van der Waals surface area (Å²) in [5.41, 5.74) is 0. The topological polar surface area (TPSA) is 55.4 Å². The van der Waals surface area contributed by atoms with E-state index in [-0.39, 0.29) is 29.2 Å². The predicted molar refractivity (Wildman–Crippen MR) is 84.1 cm³/mol. The molecular weight excluding hydrogens is 378 g/mol. The van der Waals surface area contributed by atoms with Crippen LogP contribution in [0.1, 0.15) is 39.5 Å². The molecule has 2 atom stereocenters. The van der Waals surface area contributed by atoms with E-state index in [0.29, 0.717) is 11.9 Å². The Hall–Kier alpha value is 0.0600. The summed E-state index contributed by atoms with van der Waals surface area (Å²) in [5.74, 6) is 0.100. The van der Waals surface area contributed by atoms with Crippen molar-refractivity contribution in [3.05, 3.63) is 0 Å². The van der Waals surface area contributed by atoms with Crippen molar-refractivity contribution < 1.29 is 14.3 Å². The molecule has 0 aromatic heterocycles. The zero-order valence-corrected chi connectivity index (χ0v) is 14.8. The first-order valence-corrected chi connectivity index (χ1v) is 8.62. The number of Topliss-reactive ketones (excluding diaryl/α,β-unsaturated/α-hetero) is 1. The molecule has 0 aliphatic rings. The van der Waals surface area contributed by atoms with Crippen molar-refractivity contribution in [2.45, 2.75) is 50.5 Å². The molecule has 0 fully saturated rings. The minimum atomic E-state index is -0.132. The van der Waals surface area contributed by atoms with E-state index >= 15 is 0 Å². The van der Waals surface area contributed by atoms with Crippen molar-refractivity contribution in [1.29, 1.82) is 0 Å². The number of unbranched alkanes of at least 4 members (excludes halogenated alkanes) is 2. The number of carbonyl (C=O) groups is 2. The van der Waals surface area contributed by atoms with E-state index < -0.39 is 0 Å². The van der Waals surface area contributed by atoms with Crippen LogP contribution >= 0.6 is 31.9 Å². The van der Waals surface area contributed by atoms with Gasteiger partial charge in [-0.15, -0.1) is 0 Å². The Bertz CT molecular complexity index is 273. The van der Waals surface area contributed by atoms with Gasteiger partial charge in [-0.3, -0.25) is 9.59 Å². The van der Waals surface area contributed by atoms with Gasteiger partial charge in [0.2, 0.25) is 5.91 Å². The van der Waals surface area contributed by atoms with Gasteiger partial charge in [-0.2, -0.15) is 0 Å². The molecular formula is C13H23Br2NO3. The number of halogens is 2. The van der Waals surface area contributed by atoms with Crippen molar-refractivity contribution in [1.82, 2.24) is 5.32 Å². The minimum Gasteiger partial charge on any atom is -0.371 e. The first kappa shape index (κ1) is 19.1. The molecule has 0 aromatic rings. The summed E-state index contributed by atoms with van der Waals surface area (Å²) in [4.78, 5) is 22.2. The zero-order chi connectivity index (χ0) is 14.7. The molecule has 0 radical (unpaired) electrons. The maximum Gasteiger partial charge on any atom is 0.233 e. The monoisotopic (exact) mass is 399 g/mol. The van der Waals surface area contributed by atoms with Crippen LogP contribution in [0.5, 0.6) is 0 Å². The van der Waals surface area contributed by atoms with Gasteiger partial charge in [-0.1, -0.05) is 44.7 Å². The number of hydrogen-bond donors (Lipinski definition) is 1. The van der Waals surface area contributed by atoms with Gasteiger partial charge in [0.05, 0.1) is 16.3 Å². The van der Waals surface area contributed by atoms with E-state index in [0.717, 1.165) is 25.7 Å². The molecule has 4 nitrogen and oxygen atoms in total. The second-order valence-corrected chi connectivity index (χ2v) is 6.48. The standard InChI is InChI=1S/C13H23Br2NO3/c1-10(19-9-12(17)8-14)6-4-3-5-7-16-13(18)11(2)15/h10-11H,3-9H2,1-2H3,(H,16,18). The molecule has 0 bridgehead atoms. The van der Waals surface area contributed by atoms with E-state index in [1.807, 2.05) is 13.8 Å². The largest absolute Gasteiger partial charge is 0.371 e. The fraction of sp³-hybridized carbons (Fsp3) is 0.846. The van der Waals surface area contributed by atoms with Crippen LogP contribution in [0.3, 0.4) is 0 Å². The van der Waals surface area contributed by atoms with Crippen LogP contribution in [-0.2, 0) is 14.3 Å². The van der Waals surface area contributed by atoms with E-state index in [9.17, 15) is 9.59 Å². The van der Waals surface area contributed by atoms with Gasteiger partial charge in [-0.05, 0) is 26.7 Å². The number of hydrogen-bond acceptors (Lipinski definition) is 3. The van der Waals surface area contributed by atoms with Crippen LogP contribution in [0.25, 0.3) is 0 Å². The van der Waals surface area contributed by atoms with E-state index in [4.69, 9.17) is 4.74 Å². The second kappa shape index (κ2) is 11.9. The maximum absolute atomic E-state index is 11.2. The highest BCUT2D eigenvalue weighted by molar-refractivity contribution is 9.10. The summed E-state index contributed by atoms with van der Waals surface area (Å²) in [6.07, 6.45) is 4.12. The molecule has 0 spiro atoms. The van der Waals surface area contributed by atoms with E-state index in [1.54, 1.807) is 0 Å². The molecule has 112 valence electrons. The number of carbonyl (C=O) groups excluding carboxylic acids is 2. The highest BCUT2D eigenvalue weighted by Crippen LogP contribution is 2.06. The molecule has 6 heteroatoms. The fourth-order valence-electron chi connectivity index (χ4n) is 1.44. The second-order valence-electron chi connectivity index (χ2n) is 4.55. The van der Waals surface area contributed by atoms with Gasteiger partial charge in [0, 0.05) is 6.54 Å². The molecule has 2 unspecified atom stereocenters. The van der Waals surface area contributed by atoms with Gasteiger partial charge in [-0.25, -0.2) is 0 Å². The number of amides is 1. The Labute approximate surface area is 132 Å². The molecule has 0 aromatic carbocycles. The summed E-state index contributed by atoms with van der Waals surface area (Å²) in [6, 6.07) is 0. The number of alkyl halides is 2. The van der Waals surface area contributed by atoms with Gasteiger partial charge in [0.1, 0.15) is 6.61 Å². The Balaban J connectivity index is 3.39. The third-order valence-corrected chi connectivity index (χ3v) is 3.67. The van der Waals surface area contributed by atoms with Crippen LogP contribution < -0.4 is 5.32 Å². The van der Waals surface area contributed by atoms with E-state index in [1.165, 1.54) is 0 Å². The molecule has 0 heterocycles.